The lowest BCUT2D eigenvalue weighted by atomic mass is 10.0. The van der Waals surface area contributed by atoms with Gasteiger partial charge in [-0.05, 0) is 25.9 Å². The summed E-state index contributed by atoms with van der Waals surface area (Å²) < 4.78 is 16.3. The lowest BCUT2D eigenvalue weighted by Crippen LogP contribution is -2.43. The molecule has 0 rings (SSSR count). The zero-order valence-corrected chi connectivity index (χ0v) is 24.7. The van der Waals surface area contributed by atoms with Crippen molar-refractivity contribution in [1.29, 1.82) is 0 Å². The van der Waals surface area contributed by atoms with E-state index in [1.807, 2.05) is 0 Å². The SMILES string of the molecule is CCCCCCCCCCCCCCCCCCCCNCCNCCC[Si](OC)(OC)OC. The van der Waals surface area contributed by atoms with Gasteiger partial charge >= 0.3 is 8.80 Å². The van der Waals surface area contributed by atoms with E-state index >= 15 is 0 Å². The summed E-state index contributed by atoms with van der Waals surface area (Å²) in [5.41, 5.74) is 0. The van der Waals surface area contributed by atoms with Crippen molar-refractivity contribution in [3.8, 4) is 0 Å². The van der Waals surface area contributed by atoms with E-state index in [0.717, 1.165) is 38.6 Å². The molecular formula is C28H62N2O3Si. The van der Waals surface area contributed by atoms with Crippen LogP contribution >= 0.6 is 0 Å². The van der Waals surface area contributed by atoms with E-state index in [1.54, 1.807) is 21.3 Å². The third kappa shape index (κ3) is 22.5. The Kier molecular flexibility index (Phi) is 27.6. The summed E-state index contributed by atoms with van der Waals surface area (Å²) in [7, 11) is 2.64. The second kappa shape index (κ2) is 27.6. The first-order chi connectivity index (χ1) is 16.7. The average molecular weight is 503 g/mol. The van der Waals surface area contributed by atoms with Gasteiger partial charge in [-0.2, -0.15) is 0 Å². The van der Waals surface area contributed by atoms with Crippen molar-refractivity contribution in [2.24, 2.45) is 0 Å². The van der Waals surface area contributed by atoms with Gasteiger partial charge in [0.25, 0.3) is 0 Å². The molecule has 2 N–H and O–H groups in total. The predicted octanol–water partition coefficient (Wildman–Crippen LogP) is 7.48. The lowest BCUT2D eigenvalue weighted by molar-refractivity contribution is 0.123. The summed E-state index contributed by atoms with van der Waals surface area (Å²) in [6.45, 7) is 6.48. The maximum absolute atomic E-state index is 5.45. The zero-order chi connectivity index (χ0) is 25.0. The Morgan fingerprint density at radius 2 is 0.735 bits per heavy atom. The second-order valence-corrected chi connectivity index (χ2v) is 13.0. The quantitative estimate of drug-likeness (QED) is 0.0820. The molecule has 0 aliphatic rings. The van der Waals surface area contributed by atoms with Gasteiger partial charge in [-0.3, -0.25) is 0 Å². The normalized spacial score (nSPS) is 12.0. The lowest BCUT2D eigenvalue weighted by Gasteiger charge is -2.24. The number of hydrogen-bond donors (Lipinski definition) is 2. The third-order valence-corrected chi connectivity index (χ3v) is 9.79. The molecule has 0 bridgehead atoms. The number of hydrogen-bond acceptors (Lipinski definition) is 5. The molecule has 0 radical (unpaired) electrons. The van der Waals surface area contributed by atoms with E-state index in [1.165, 1.54) is 116 Å². The Morgan fingerprint density at radius 1 is 0.412 bits per heavy atom. The van der Waals surface area contributed by atoms with Crippen molar-refractivity contribution in [3.63, 3.8) is 0 Å². The second-order valence-electron chi connectivity index (χ2n) is 9.91. The highest BCUT2D eigenvalue weighted by molar-refractivity contribution is 6.60. The van der Waals surface area contributed by atoms with Crippen LogP contribution in [0.3, 0.4) is 0 Å². The molecule has 5 nitrogen and oxygen atoms in total. The molecule has 0 unspecified atom stereocenters. The van der Waals surface area contributed by atoms with Crippen molar-refractivity contribution in [1.82, 2.24) is 10.6 Å². The topological polar surface area (TPSA) is 51.8 Å². The number of unbranched alkanes of at least 4 members (excludes halogenated alkanes) is 17. The summed E-state index contributed by atoms with van der Waals surface area (Å²) in [6, 6.07) is 0.857. The minimum absolute atomic E-state index is 0.857. The molecule has 0 fully saturated rings. The summed E-state index contributed by atoms with van der Waals surface area (Å²) in [4.78, 5) is 0. The largest absolute Gasteiger partial charge is 0.500 e. The van der Waals surface area contributed by atoms with E-state index in [2.05, 4.69) is 17.6 Å². The molecule has 0 saturated carbocycles. The maximum atomic E-state index is 5.45. The number of rotatable bonds is 29. The molecule has 0 aliphatic carbocycles. The van der Waals surface area contributed by atoms with Crippen LogP contribution < -0.4 is 10.6 Å². The molecular weight excluding hydrogens is 440 g/mol. The van der Waals surface area contributed by atoms with Gasteiger partial charge in [0.2, 0.25) is 0 Å². The molecule has 0 aromatic carbocycles. The van der Waals surface area contributed by atoms with E-state index in [4.69, 9.17) is 13.3 Å². The molecule has 0 amide bonds. The Balaban J connectivity index is 3.14. The Morgan fingerprint density at radius 3 is 1.09 bits per heavy atom. The standard InChI is InChI=1S/C28H62N2O3Si/c1-5-6-7-8-9-10-11-12-13-14-15-16-17-18-19-20-21-22-24-29-26-27-30-25-23-28-34(31-2,32-3)33-4/h29-30H,5-28H2,1-4H3. The Hall–Kier alpha value is 0.0169. The molecule has 0 saturated heterocycles. The van der Waals surface area contributed by atoms with E-state index in [-0.39, 0.29) is 0 Å². The molecule has 0 atom stereocenters. The van der Waals surface area contributed by atoms with Crippen LogP contribution in [0.25, 0.3) is 0 Å². The molecule has 0 aromatic heterocycles. The summed E-state index contributed by atoms with van der Waals surface area (Å²) in [6.07, 6.45) is 26.8. The highest BCUT2D eigenvalue weighted by Gasteiger charge is 2.36. The van der Waals surface area contributed by atoms with Crippen LogP contribution in [0.5, 0.6) is 0 Å². The fraction of sp³-hybridized carbons (Fsp3) is 1.00. The third-order valence-electron chi connectivity index (χ3n) is 6.96. The zero-order valence-electron chi connectivity index (χ0n) is 23.7. The molecule has 206 valence electrons. The van der Waals surface area contributed by atoms with Crippen LogP contribution in [0.4, 0.5) is 0 Å². The van der Waals surface area contributed by atoms with Crippen LogP contribution in [0.15, 0.2) is 0 Å². The fourth-order valence-electron chi connectivity index (χ4n) is 4.56. The molecule has 0 aliphatic heterocycles. The van der Waals surface area contributed by atoms with Crippen LogP contribution in [0, 0.1) is 0 Å². The van der Waals surface area contributed by atoms with Crippen LogP contribution in [0.1, 0.15) is 129 Å². The Bertz CT molecular complexity index is 376. The first-order valence-electron chi connectivity index (χ1n) is 14.8. The van der Waals surface area contributed by atoms with Crippen LogP contribution in [-0.2, 0) is 13.3 Å². The predicted molar refractivity (Wildman–Crippen MR) is 151 cm³/mol. The Labute approximate surface area is 215 Å². The van der Waals surface area contributed by atoms with Crippen molar-refractivity contribution >= 4 is 8.80 Å². The fourth-order valence-corrected chi connectivity index (χ4v) is 6.29. The highest BCUT2D eigenvalue weighted by Crippen LogP contribution is 2.15. The van der Waals surface area contributed by atoms with Gasteiger partial charge in [0.1, 0.15) is 0 Å². The van der Waals surface area contributed by atoms with Gasteiger partial charge in [0.05, 0.1) is 0 Å². The highest BCUT2D eigenvalue weighted by atomic mass is 28.4. The minimum atomic E-state index is -2.39. The van der Waals surface area contributed by atoms with E-state index in [9.17, 15) is 0 Å². The van der Waals surface area contributed by atoms with Crippen molar-refractivity contribution in [3.05, 3.63) is 0 Å². The summed E-state index contributed by atoms with van der Waals surface area (Å²) >= 11 is 0. The summed E-state index contributed by atoms with van der Waals surface area (Å²) in [5, 5.41) is 7.04. The minimum Gasteiger partial charge on any atom is -0.377 e. The van der Waals surface area contributed by atoms with Crippen molar-refractivity contribution < 1.29 is 13.3 Å². The van der Waals surface area contributed by atoms with Gasteiger partial charge in [0.15, 0.2) is 0 Å². The van der Waals surface area contributed by atoms with Crippen molar-refractivity contribution in [2.75, 3.05) is 47.5 Å². The smallest absolute Gasteiger partial charge is 0.377 e. The maximum Gasteiger partial charge on any atom is 0.500 e. The molecule has 0 aromatic rings. The van der Waals surface area contributed by atoms with Crippen LogP contribution in [0.2, 0.25) is 6.04 Å². The van der Waals surface area contributed by atoms with Gasteiger partial charge in [-0.1, -0.05) is 116 Å². The van der Waals surface area contributed by atoms with E-state index < -0.39 is 8.80 Å². The van der Waals surface area contributed by atoms with E-state index in [0.29, 0.717) is 0 Å². The molecule has 6 heteroatoms. The number of nitrogens with one attached hydrogen (secondary N) is 2. The molecule has 34 heavy (non-hydrogen) atoms. The molecule has 0 heterocycles. The first-order valence-corrected chi connectivity index (χ1v) is 16.7. The molecule has 0 spiro atoms. The van der Waals surface area contributed by atoms with Gasteiger partial charge in [-0.15, -0.1) is 0 Å². The monoisotopic (exact) mass is 502 g/mol. The summed E-state index contributed by atoms with van der Waals surface area (Å²) in [5.74, 6) is 0. The van der Waals surface area contributed by atoms with Crippen LogP contribution in [-0.4, -0.2) is 56.3 Å². The van der Waals surface area contributed by atoms with Gasteiger partial charge < -0.3 is 23.9 Å². The first kappa shape index (κ1) is 34.0. The van der Waals surface area contributed by atoms with Gasteiger partial charge in [-0.25, -0.2) is 0 Å². The van der Waals surface area contributed by atoms with Gasteiger partial charge in [0, 0.05) is 40.5 Å². The van der Waals surface area contributed by atoms with Crippen molar-refractivity contribution in [2.45, 2.75) is 135 Å². The average Bonchev–Trinajstić information content (AvgIpc) is 2.86.